The van der Waals surface area contributed by atoms with Crippen molar-refractivity contribution >= 4 is 12.0 Å². The van der Waals surface area contributed by atoms with E-state index in [0.29, 0.717) is 26.3 Å². The van der Waals surface area contributed by atoms with Gasteiger partial charge in [-0.15, -0.1) is 6.58 Å². The van der Waals surface area contributed by atoms with Crippen LogP contribution in [0.15, 0.2) is 12.7 Å². The maximum absolute atomic E-state index is 11.5. The molecule has 0 saturated carbocycles. The Morgan fingerprint density at radius 3 is 2.65 bits per heavy atom. The second-order valence-corrected chi connectivity index (χ2v) is 3.60. The van der Waals surface area contributed by atoms with Gasteiger partial charge in [-0.3, -0.25) is 5.43 Å². The molecule has 2 amide bonds. The van der Waals surface area contributed by atoms with Crippen LogP contribution in [0, 0.1) is 0 Å². The number of hydrogen-bond donors (Lipinski definition) is 3. The molecule has 0 radical (unpaired) electrons. The molecular formula is C10H17N3O4. The van der Waals surface area contributed by atoms with Crippen LogP contribution in [-0.2, 0) is 9.53 Å². The van der Waals surface area contributed by atoms with E-state index in [1.807, 2.05) is 0 Å². The molecule has 1 heterocycles. The summed E-state index contributed by atoms with van der Waals surface area (Å²) >= 11 is 0. The van der Waals surface area contributed by atoms with E-state index < -0.39 is 18.0 Å². The molecular weight excluding hydrogens is 226 g/mol. The van der Waals surface area contributed by atoms with E-state index in [9.17, 15) is 9.59 Å². The number of nitrogens with zero attached hydrogens (tertiary/aromatic N) is 1. The molecule has 0 aromatic heterocycles. The number of hydrogen-bond acceptors (Lipinski definition) is 4. The van der Waals surface area contributed by atoms with E-state index in [1.54, 1.807) is 5.01 Å². The van der Waals surface area contributed by atoms with Gasteiger partial charge in [0.2, 0.25) is 0 Å². The van der Waals surface area contributed by atoms with Gasteiger partial charge in [0.25, 0.3) is 0 Å². The molecule has 1 unspecified atom stereocenters. The van der Waals surface area contributed by atoms with E-state index in [4.69, 9.17) is 9.84 Å². The lowest BCUT2D eigenvalue weighted by Gasteiger charge is -2.27. The van der Waals surface area contributed by atoms with Crippen molar-refractivity contribution in [2.24, 2.45) is 0 Å². The summed E-state index contributed by atoms with van der Waals surface area (Å²) in [6, 6.07) is -1.48. The summed E-state index contributed by atoms with van der Waals surface area (Å²) in [5, 5.41) is 12.9. The Morgan fingerprint density at radius 1 is 1.47 bits per heavy atom. The van der Waals surface area contributed by atoms with Crippen molar-refractivity contribution in [2.75, 3.05) is 26.3 Å². The number of ether oxygens (including phenoxy) is 1. The molecule has 1 aliphatic heterocycles. The number of carbonyl (C=O) groups is 2. The minimum Gasteiger partial charge on any atom is -0.480 e. The van der Waals surface area contributed by atoms with Crippen LogP contribution in [0.4, 0.5) is 4.79 Å². The topological polar surface area (TPSA) is 90.9 Å². The van der Waals surface area contributed by atoms with Gasteiger partial charge in [0.15, 0.2) is 0 Å². The average molecular weight is 243 g/mol. The van der Waals surface area contributed by atoms with Crippen LogP contribution < -0.4 is 10.7 Å². The average Bonchev–Trinajstić information content (AvgIpc) is 2.29. The molecule has 1 aliphatic rings. The van der Waals surface area contributed by atoms with Crippen LogP contribution in [0.5, 0.6) is 0 Å². The van der Waals surface area contributed by atoms with Crippen LogP contribution >= 0.6 is 0 Å². The van der Waals surface area contributed by atoms with Crippen LogP contribution in [0.2, 0.25) is 0 Å². The van der Waals surface area contributed by atoms with E-state index in [-0.39, 0.29) is 6.42 Å². The van der Waals surface area contributed by atoms with Crippen molar-refractivity contribution in [3.8, 4) is 0 Å². The van der Waals surface area contributed by atoms with Crippen LogP contribution in [0.1, 0.15) is 6.42 Å². The Bertz CT molecular complexity index is 289. The second kappa shape index (κ2) is 6.87. The summed E-state index contributed by atoms with van der Waals surface area (Å²) in [4.78, 5) is 22.3. The van der Waals surface area contributed by atoms with Gasteiger partial charge in [-0.2, -0.15) is 0 Å². The quantitative estimate of drug-likeness (QED) is 0.570. The fourth-order valence-electron chi connectivity index (χ4n) is 1.40. The smallest absolute Gasteiger partial charge is 0.330 e. The summed E-state index contributed by atoms with van der Waals surface area (Å²) in [5.74, 6) is -1.08. The molecule has 7 nitrogen and oxygen atoms in total. The first-order valence-electron chi connectivity index (χ1n) is 5.37. The monoisotopic (exact) mass is 243 g/mol. The van der Waals surface area contributed by atoms with Gasteiger partial charge in [0.05, 0.1) is 13.2 Å². The fourth-order valence-corrected chi connectivity index (χ4v) is 1.40. The van der Waals surface area contributed by atoms with Gasteiger partial charge in [-0.05, 0) is 6.42 Å². The van der Waals surface area contributed by atoms with Gasteiger partial charge >= 0.3 is 12.0 Å². The summed E-state index contributed by atoms with van der Waals surface area (Å²) in [6.45, 7) is 5.73. The first-order chi connectivity index (χ1) is 8.13. The normalized spacial score (nSPS) is 18.1. The number of aliphatic carboxylic acids is 1. The van der Waals surface area contributed by atoms with E-state index in [0.717, 1.165) is 0 Å². The molecule has 1 atom stereocenters. The predicted molar refractivity (Wildman–Crippen MR) is 60.3 cm³/mol. The highest BCUT2D eigenvalue weighted by Crippen LogP contribution is 1.95. The SMILES string of the molecule is C=CCC(NC(=O)NN1CCOCC1)C(=O)O. The number of amides is 2. The third-order valence-corrected chi connectivity index (χ3v) is 2.28. The number of urea groups is 1. The number of hydrazine groups is 1. The second-order valence-electron chi connectivity index (χ2n) is 3.60. The summed E-state index contributed by atoms with van der Waals surface area (Å²) in [7, 11) is 0. The highest BCUT2D eigenvalue weighted by Gasteiger charge is 2.20. The summed E-state index contributed by atoms with van der Waals surface area (Å²) < 4.78 is 5.12. The Morgan fingerprint density at radius 2 is 2.12 bits per heavy atom. The van der Waals surface area contributed by atoms with Gasteiger partial charge in [0, 0.05) is 13.1 Å². The van der Waals surface area contributed by atoms with Crippen LogP contribution in [0.3, 0.4) is 0 Å². The molecule has 1 saturated heterocycles. The highest BCUT2D eigenvalue weighted by atomic mass is 16.5. The summed E-state index contributed by atoms with van der Waals surface area (Å²) in [5.41, 5.74) is 2.57. The third-order valence-electron chi connectivity index (χ3n) is 2.28. The van der Waals surface area contributed by atoms with Gasteiger partial charge in [-0.25, -0.2) is 14.6 Å². The molecule has 17 heavy (non-hydrogen) atoms. The number of nitrogens with one attached hydrogen (secondary N) is 2. The van der Waals surface area contributed by atoms with Crippen molar-refractivity contribution in [2.45, 2.75) is 12.5 Å². The zero-order valence-electron chi connectivity index (χ0n) is 9.52. The minimum atomic E-state index is -1.08. The lowest BCUT2D eigenvalue weighted by molar-refractivity contribution is -0.139. The number of carboxylic acid groups (broad SMARTS) is 1. The molecule has 7 heteroatoms. The van der Waals surface area contributed by atoms with Crippen LogP contribution in [-0.4, -0.2) is 54.5 Å². The Hall–Kier alpha value is -1.60. The predicted octanol–water partition coefficient (Wildman–Crippen LogP) is -0.438. The Kier molecular flexibility index (Phi) is 5.44. The van der Waals surface area contributed by atoms with Gasteiger partial charge in [0.1, 0.15) is 6.04 Å². The first kappa shape index (κ1) is 13.5. The van der Waals surface area contributed by atoms with Crippen molar-refractivity contribution in [1.82, 2.24) is 15.8 Å². The molecule has 0 aliphatic carbocycles. The fraction of sp³-hybridized carbons (Fsp3) is 0.600. The molecule has 0 aromatic carbocycles. The Labute approximate surface area is 99.4 Å². The summed E-state index contributed by atoms with van der Waals surface area (Å²) in [6.07, 6.45) is 1.64. The van der Waals surface area contributed by atoms with Crippen molar-refractivity contribution in [3.05, 3.63) is 12.7 Å². The van der Waals surface area contributed by atoms with Crippen molar-refractivity contribution in [3.63, 3.8) is 0 Å². The van der Waals surface area contributed by atoms with Crippen molar-refractivity contribution < 1.29 is 19.4 Å². The molecule has 1 fully saturated rings. The maximum atomic E-state index is 11.5. The van der Waals surface area contributed by atoms with Crippen LogP contribution in [0.25, 0.3) is 0 Å². The lowest BCUT2D eigenvalue weighted by Crippen LogP contribution is -2.54. The molecule has 96 valence electrons. The molecule has 0 bridgehead atoms. The molecule has 3 N–H and O–H groups in total. The van der Waals surface area contributed by atoms with Gasteiger partial charge in [-0.1, -0.05) is 6.08 Å². The number of rotatable bonds is 5. The standard InChI is InChI=1S/C10H17N3O4/c1-2-3-8(9(14)15)11-10(16)12-13-4-6-17-7-5-13/h2,8H,1,3-7H2,(H,14,15)(H2,11,12,16). The third kappa shape index (κ3) is 4.83. The first-order valence-corrected chi connectivity index (χ1v) is 5.37. The maximum Gasteiger partial charge on any atom is 0.330 e. The number of carboxylic acids is 1. The molecule has 0 spiro atoms. The number of carbonyl (C=O) groups excluding carboxylic acids is 1. The zero-order chi connectivity index (χ0) is 12.7. The lowest BCUT2D eigenvalue weighted by atomic mass is 10.2. The minimum absolute atomic E-state index is 0.186. The van der Waals surface area contributed by atoms with Crippen molar-refractivity contribution in [1.29, 1.82) is 0 Å². The molecule has 1 rings (SSSR count). The van der Waals surface area contributed by atoms with E-state index in [2.05, 4.69) is 17.3 Å². The van der Waals surface area contributed by atoms with E-state index >= 15 is 0 Å². The van der Waals surface area contributed by atoms with E-state index in [1.165, 1.54) is 6.08 Å². The largest absolute Gasteiger partial charge is 0.480 e. The molecule has 0 aromatic rings. The Balaban J connectivity index is 2.35. The number of morpholine rings is 1. The zero-order valence-corrected chi connectivity index (χ0v) is 9.52. The van der Waals surface area contributed by atoms with Gasteiger partial charge < -0.3 is 15.2 Å². The highest BCUT2D eigenvalue weighted by molar-refractivity contribution is 5.82.